The van der Waals surface area contributed by atoms with E-state index in [2.05, 4.69) is 21.0 Å². The topological polar surface area (TPSA) is 17.8 Å². The van der Waals surface area contributed by atoms with Crippen LogP contribution in [0.15, 0.2) is 35.1 Å². The highest BCUT2D eigenvalue weighted by atomic mass is 79.9. The van der Waals surface area contributed by atoms with E-state index in [-0.39, 0.29) is 12.3 Å². The minimum atomic E-state index is 0.0767. The molecule has 1 heterocycles. The van der Waals surface area contributed by atoms with Gasteiger partial charge in [0.1, 0.15) is 0 Å². The standard InChI is InChI=1S/C10H7BrClFN2S/c11-9-2-7(3-10(12)4-9)1-8-5-14-15(6-8)16-13/h2-6H,1H2. The highest BCUT2D eigenvalue weighted by Gasteiger charge is 2.03. The monoisotopic (exact) mass is 320 g/mol. The van der Waals surface area contributed by atoms with E-state index in [4.69, 9.17) is 11.6 Å². The van der Waals surface area contributed by atoms with Crippen LogP contribution in [0.3, 0.4) is 0 Å². The molecule has 0 radical (unpaired) electrons. The van der Waals surface area contributed by atoms with Crippen molar-refractivity contribution in [2.75, 3.05) is 0 Å². The highest BCUT2D eigenvalue weighted by Crippen LogP contribution is 2.21. The van der Waals surface area contributed by atoms with Gasteiger partial charge in [-0.2, -0.15) is 9.19 Å². The molecule has 0 unspecified atom stereocenters. The summed E-state index contributed by atoms with van der Waals surface area (Å²) in [5.41, 5.74) is 2.00. The van der Waals surface area contributed by atoms with Crippen molar-refractivity contribution in [1.29, 1.82) is 0 Å². The van der Waals surface area contributed by atoms with Crippen molar-refractivity contribution < 1.29 is 3.89 Å². The lowest BCUT2D eigenvalue weighted by molar-refractivity contribution is 0.878. The molecule has 0 bridgehead atoms. The smallest absolute Gasteiger partial charge is 0.184 e. The molecule has 0 fully saturated rings. The molecule has 0 amide bonds. The molecule has 0 saturated carbocycles. The van der Waals surface area contributed by atoms with Crippen LogP contribution < -0.4 is 0 Å². The molecule has 1 aromatic heterocycles. The van der Waals surface area contributed by atoms with Gasteiger partial charge in [-0.1, -0.05) is 27.5 Å². The van der Waals surface area contributed by atoms with Crippen LogP contribution in [0.4, 0.5) is 3.89 Å². The molecule has 1 aromatic carbocycles. The number of nitrogens with zero attached hydrogens (tertiary/aromatic N) is 2. The van der Waals surface area contributed by atoms with Gasteiger partial charge in [0, 0.05) is 22.1 Å². The van der Waals surface area contributed by atoms with Crippen LogP contribution in [-0.2, 0) is 6.42 Å². The number of rotatable bonds is 3. The molecule has 0 spiro atoms. The summed E-state index contributed by atoms with van der Waals surface area (Å²) < 4.78 is 14.3. The van der Waals surface area contributed by atoms with Crippen molar-refractivity contribution in [2.45, 2.75) is 6.42 Å². The molecule has 2 rings (SSSR count). The Morgan fingerprint density at radius 1 is 1.38 bits per heavy atom. The van der Waals surface area contributed by atoms with Gasteiger partial charge in [-0.05, 0) is 29.3 Å². The Bertz CT molecular complexity index is 483. The fourth-order valence-electron chi connectivity index (χ4n) is 1.42. The molecule has 84 valence electrons. The summed E-state index contributed by atoms with van der Waals surface area (Å²) in [7, 11) is 0. The predicted octanol–water partition coefficient (Wildman–Crippen LogP) is 4.27. The fourth-order valence-corrected chi connectivity index (χ4v) is 2.61. The lowest BCUT2D eigenvalue weighted by Crippen LogP contribution is -1.86. The van der Waals surface area contributed by atoms with E-state index in [0.717, 1.165) is 15.6 Å². The number of benzene rings is 1. The first-order valence-electron chi connectivity index (χ1n) is 4.45. The molecule has 0 aliphatic carbocycles. The fraction of sp³-hybridized carbons (Fsp3) is 0.100. The number of hydrogen-bond acceptors (Lipinski definition) is 2. The summed E-state index contributed by atoms with van der Waals surface area (Å²) in [5, 5.41) is 4.51. The average Bonchev–Trinajstić information content (AvgIpc) is 2.64. The van der Waals surface area contributed by atoms with Crippen molar-refractivity contribution in [2.24, 2.45) is 0 Å². The normalized spacial score (nSPS) is 10.7. The van der Waals surface area contributed by atoms with E-state index < -0.39 is 0 Å². The van der Waals surface area contributed by atoms with Gasteiger partial charge < -0.3 is 0 Å². The lowest BCUT2D eigenvalue weighted by atomic mass is 10.1. The zero-order valence-electron chi connectivity index (χ0n) is 8.03. The van der Waals surface area contributed by atoms with Crippen LogP contribution in [0.5, 0.6) is 0 Å². The summed E-state index contributed by atoms with van der Waals surface area (Å²) in [6.45, 7) is 0. The third-order valence-electron chi connectivity index (χ3n) is 2.01. The third-order valence-corrected chi connectivity index (χ3v) is 3.03. The maximum absolute atomic E-state index is 12.2. The first kappa shape index (κ1) is 12.0. The van der Waals surface area contributed by atoms with Gasteiger partial charge in [0.25, 0.3) is 0 Å². The van der Waals surface area contributed by atoms with Crippen molar-refractivity contribution >= 4 is 39.9 Å². The van der Waals surface area contributed by atoms with Gasteiger partial charge in [0.05, 0.1) is 6.20 Å². The van der Waals surface area contributed by atoms with Crippen LogP contribution in [0, 0.1) is 0 Å². The van der Waals surface area contributed by atoms with Crippen molar-refractivity contribution in [3.63, 3.8) is 0 Å². The molecule has 2 nitrogen and oxygen atoms in total. The Labute approximate surface area is 110 Å². The summed E-state index contributed by atoms with van der Waals surface area (Å²) in [4.78, 5) is 0. The number of halogens is 3. The molecule has 0 saturated heterocycles. The second kappa shape index (κ2) is 5.21. The summed E-state index contributed by atoms with van der Waals surface area (Å²) in [5.74, 6) is 0. The maximum atomic E-state index is 12.2. The van der Waals surface area contributed by atoms with E-state index in [9.17, 15) is 3.89 Å². The molecular weight excluding hydrogens is 315 g/mol. The Morgan fingerprint density at radius 3 is 2.81 bits per heavy atom. The summed E-state index contributed by atoms with van der Waals surface area (Å²) in [6.07, 6.45) is 3.97. The first-order chi connectivity index (χ1) is 7.67. The third kappa shape index (κ3) is 2.99. The average molecular weight is 322 g/mol. The summed E-state index contributed by atoms with van der Waals surface area (Å²) in [6, 6.07) is 5.68. The molecule has 0 aliphatic heterocycles. The number of hydrogen-bond donors (Lipinski definition) is 0. The molecule has 0 atom stereocenters. The maximum Gasteiger partial charge on any atom is 0.187 e. The van der Waals surface area contributed by atoms with Gasteiger partial charge in [-0.25, -0.2) is 0 Å². The zero-order chi connectivity index (χ0) is 11.5. The van der Waals surface area contributed by atoms with Crippen molar-refractivity contribution in [3.05, 3.63) is 51.2 Å². The lowest BCUT2D eigenvalue weighted by Gasteiger charge is -2.01. The Morgan fingerprint density at radius 2 is 2.19 bits per heavy atom. The Balaban J connectivity index is 2.19. The van der Waals surface area contributed by atoms with E-state index in [1.165, 1.54) is 4.09 Å². The second-order valence-corrected chi connectivity index (χ2v) is 5.14. The second-order valence-electron chi connectivity index (χ2n) is 3.27. The van der Waals surface area contributed by atoms with E-state index in [0.29, 0.717) is 11.4 Å². The first-order valence-corrected chi connectivity index (χ1v) is 6.29. The number of aromatic nitrogens is 2. The Kier molecular flexibility index (Phi) is 3.89. The van der Waals surface area contributed by atoms with Gasteiger partial charge in [-0.15, -0.1) is 3.89 Å². The van der Waals surface area contributed by atoms with E-state index in [1.54, 1.807) is 12.4 Å². The van der Waals surface area contributed by atoms with Gasteiger partial charge in [-0.3, -0.25) is 0 Å². The van der Waals surface area contributed by atoms with Crippen LogP contribution in [-0.4, -0.2) is 9.19 Å². The predicted molar refractivity (Wildman–Crippen MR) is 68.3 cm³/mol. The van der Waals surface area contributed by atoms with Gasteiger partial charge >= 0.3 is 0 Å². The van der Waals surface area contributed by atoms with Crippen LogP contribution in [0.1, 0.15) is 11.1 Å². The SMILES string of the molecule is FSn1cc(Cc2cc(Cl)cc(Br)c2)cn1. The van der Waals surface area contributed by atoms with Gasteiger partial charge in [0.2, 0.25) is 0 Å². The largest absolute Gasteiger partial charge is 0.187 e. The zero-order valence-corrected chi connectivity index (χ0v) is 11.2. The van der Waals surface area contributed by atoms with E-state index in [1.807, 2.05) is 18.2 Å². The summed E-state index contributed by atoms with van der Waals surface area (Å²) >= 11 is 9.39. The van der Waals surface area contributed by atoms with E-state index >= 15 is 0 Å². The quantitative estimate of drug-likeness (QED) is 0.840. The van der Waals surface area contributed by atoms with Crippen LogP contribution in [0.25, 0.3) is 0 Å². The molecule has 0 N–H and O–H groups in total. The van der Waals surface area contributed by atoms with Crippen LogP contribution in [0.2, 0.25) is 5.02 Å². The van der Waals surface area contributed by atoms with Crippen LogP contribution >= 0.6 is 39.9 Å². The highest BCUT2D eigenvalue weighted by molar-refractivity contribution is 9.10. The minimum absolute atomic E-state index is 0.0767. The molecule has 2 aromatic rings. The van der Waals surface area contributed by atoms with Crippen molar-refractivity contribution in [3.8, 4) is 0 Å². The minimum Gasteiger partial charge on any atom is -0.184 e. The molecular formula is C10H7BrClFN2S. The molecule has 6 heteroatoms. The van der Waals surface area contributed by atoms with Gasteiger partial charge in [0.15, 0.2) is 12.3 Å². The molecule has 0 aliphatic rings. The molecule has 16 heavy (non-hydrogen) atoms. The van der Waals surface area contributed by atoms with Crippen molar-refractivity contribution in [1.82, 2.24) is 9.19 Å². The Hall–Kier alpha value is -0.520.